The summed E-state index contributed by atoms with van der Waals surface area (Å²) in [6.45, 7) is 0.954. The normalized spacial score (nSPS) is 12.6. The molecule has 1 heterocycles. The molecular weight excluding hydrogens is 247 g/mol. The van der Waals surface area contributed by atoms with Crippen molar-refractivity contribution in [1.29, 1.82) is 0 Å². The summed E-state index contributed by atoms with van der Waals surface area (Å²) in [5.41, 5.74) is 3.05. The Labute approximate surface area is 111 Å². The van der Waals surface area contributed by atoms with E-state index in [1.807, 2.05) is 30.9 Å². The average molecular weight is 264 g/mol. The maximum Gasteiger partial charge on any atom is 0.123 e. The number of rotatable bonds is 6. The Hall–Kier alpha value is -1.26. The van der Waals surface area contributed by atoms with Gasteiger partial charge in [-0.15, -0.1) is 11.3 Å². The summed E-state index contributed by atoms with van der Waals surface area (Å²) < 4.78 is 12.9. The number of benzene rings is 1. The first-order valence-electron chi connectivity index (χ1n) is 6.04. The molecule has 0 amide bonds. The lowest BCUT2D eigenvalue weighted by Crippen LogP contribution is -2.22. The minimum atomic E-state index is -0.175. The first kappa shape index (κ1) is 13.2. The number of hydrogen-bond acceptors (Lipinski definition) is 3. The molecule has 0 spiro atoms. The highest BCUT2D eigenvalue weighted by Crippen LogP contribution is 2.17. The predicted octanol–water partition coefficient (Wildman–Crippen LogP) is 2.90. The zero-order valence-corrected chi connectivity index (χ0v) is 11.2. The Morgan fingerprint density at radius 2 is 2.06 bits per heavy atom. The van der Waals surface area contributed by atoms with Gasteiger partial charge in [-0.2, -0.15) is 0 Å². The molecule has 4 heteroatoms. The molecule has 0 bridgehead atoms. The molecule has 0 aliphatic rings. The average Bonchev–Trinajstić information content (AvgIpc) is 2.85. The molecule has 1 atom stereocenters. The molecule has 0 radical (unpaired) electrons. The van der Waals surface area contributed by atoms with Gasteiger partial charge in [0.2, 0.25) is 0 Å². The largest absolute Gasteiger partial charge is 0.319 e. The van der Waals surface area contributed by atoms with Crippen LogP contribution in [0.5, 0.6) is 0 Å². The van der Waals surface area contributed by atoms with Crippen molar-refractivity contribution >= 4 is 11.3 Å². The molecular formula is C14H17FN2S. The van der Waals surface area contributed by atoms with Crippen molar-refractivity contribution in [3.8, 4) is 0 Å². The van der Waals surface area contributed by atoms with E-state index in [0.717, 1.165) is 19.4 Å². The van der Waals surface area contributed by atoms with Crippen LogP contribution in [0.2, 0.25) is 0 Å². The lowest BCUT2D eigenvalue weighted by atomic mass is 9.95. The number of nitrogens with zero attached hydrogens (tertiary/aromatic N) is 1. The van der Waals surface area contributed by atoms with Crippen molar-refractivity contribution in [3.05, 3.63) is 52.2 Å². The topological polar surface area (TPSA) is 24.9 Å². The highest BCUT2D eigenvalue weighted by atomic mass is 32.1. The molecule has 2 nitrogen and oxygen atoms in total. The molecule has 1 aromatic carbocycles. The second-order valence-corrected chi connectivity index (χ2v) is 5.40. The van der Waals surface area contributed by atoms with Crippen LogP contribution in [-0.4, -0.2) is 18.6 Å². The molecule has 1 unspecified atom stereocenters. The Morgan fingerprint density at radius 1 is 1.28 bits per heavy atom. The van der Waals surface area contributed by atoms with E-state index in [9.17, 15) is 4.39 Å². The van der Waals surface area contributed by atoms with E-state index >= 15 is 0 Å². The number of aromatic nitrogens is 1. The van der Waals surface area contributed by atoms with Crippen molar-refractivity contribution in [2.24, 2.45) is 5.92 Å². The van der Waals surface area contributed by atoms with E-state index in [-0.39, 0.29) is 5.82 Å². The minimum Gasteiger partial charge on any atom is -0.319 e. The monoisotopic (exact) mass is 264 g/mol. The van der Waals surface area contributed by atoms with Crippen molar-refractivity contribution < 1.29 is 4.39 Å². The van der Waals surface area contributed by atoms with Crippen molar-refractivity contribution in [2.75, 3.05) is 13.6 Å². The summed E-state index contributed by atoms with van der Waals surface area (Å²) in [6, 6.07) is 6.78. The van der Waals surface area contributed by atoms with Crippen LogP contribution >= 0.6 is 11.3 Å². The van der Waals surface area contributed by atoms with Gasteiger partial charge in [-0.05, 0) is 50.0 Å². The fourth-order valence-electron chi connectivity index (χ4n) is 2.09. The van der Waals surface area contributed by atoms with Gasteiger partial charge >= 0.3 is 0 Å². The molecule has 0 saturated heterocycles. The summed E-state index contributed by atoms with van der Waals surface area (Å²) in [5.74, 6) is 0.340. The second kappa shape index (κ2) is 6.61. The van der Waals surface area contributed by atoms with Crippen molar-refractivity contribution in [1.82, 2.24) is 10.3 Å². The zero-order chi connectivity index (χ0) is 12.8. The van der Waals surface area contributed by atoms with Crippen molar-refractivity contribution in [3.63, 3.8) is 0 Å². The molecule has 0 saturated carbocycles. The first-order valence-corrected chi connectivity index (χ1v) is 6.92. The van der Waals surface area contributed by atoms with Gasteiger partial charge in [-0.3, -0.25) is 4.98 Å². The van der Waals surface area contributed by atoms with Gasteiger partial charge in [-0.25, -0.2) is 4.39 Å². The predicted molar refractivity (Wildman–Crippen MR) is 73.3 cm³/mol. The van der Waals surface area contributed by atoms with E-state index in [0.29, 0.717) is 5.92 Å². The Kier molecular flexibility index (Phi) is 4.84. The van der Waals surface area contributed by atoms with Crippen molar-refractivity contribution in [2.45, 2.75) is 12.8 Å². The number of halogens is 1. The Bertz CT molecular complexity index is 453. The van der Waals surface area contributed by atoms with E-state index in [4.69, 9.17) is 0 Å². The van der Waals surface area contributed by atoms with Gasteiger partial charge in [0.05, 0.1) is 5.51 Å². The van der Waals surface area contributed by atoms with Crippen LogP contribution in [-0.2, 0) is 12.8 Å². The SMILES string of the molecule is CNCC(Cc1ccc(F)cc1)Cc1cncs1. The third kappa shape index (κ3) is 3.89. The number of nitrogens with one attached hydrogen (secondary N) is 1. The van der Waals surface area contributed by atoms with E-state index in [2.05, 4.69) is 10.3 Å². The van der Waals surface area contributed by atoms with Crippen LogP contribution in [0.1, 0.15) is 10.4 Å². The molecule has 96 valence electrons. The maximum absolute atomic E-state index is 12.9. The van der Waals surface area contributed by atoms with Crippen LogP contribution < -0.4 is 5.32 Å². The van der Waals surface area contributed by atoms with Gasteiger partial charge in [0.25, 0.3) is 0 Å². The van der Waals surface area contributed by atoms with Gasteiger partial charge in [0, 0.05) is 11.1 Å². The smallest absolute Gasteiger partial charge is 0.123 e. The molecule has 2 aromatic rings. The van der Waals surface area contributed by atoms with Crippen LogP contribution in [0.25, 0.3) is 0 Å². The molecule has 1 N–H and O–H groups in total. The first-order chi connectivity index (χ1) is 8.78. The van der Waals surface area contributed by atoms with Crippen LogP contribution in [0.15, 0.2) is 36.0 Å². The lowest BCUT2D eigenvalue weighted by Gasteiger charge is -2.15. The Morgan fingerprint density at radius 3 is 2.67 bits per heavy atom. The quantitative estimate of drug-likeness (QED) is 0.867. The van der Waals surface area contributed by atoms with E-state index < -0.39 is 0 Å². The zero-order valence-electron chi connectivity index (χ0n) is 10.4. The summed E-state index contributed by atoms with van der Waals surface area (Å²) in [6.07, 6.45) is 3.90. The van der Waals surface area contributed by atoms with Crippen LogP contribution in [0.3, 0.4) is 0 Å². The summed E-state index contributed by atoms with van der Waals surface area (Å²) in [5, 5.41) is 3.22. The number of thiazole rings is 1. The summed E-state index contributed by atoms with van der Waals surface area (Å²) in [7, 11) is 1.96. The minimum absolute atomic E-state index is 0.175. The Balaban J connectivity index is 1.99. The fourth-order valence-corrected chi connectivity index (χ4v) is 2.80. The highest BCUT2D eigenvalue weighted by molar-refractivity contribution is 7.09. The van der Waals surface area contributed by atoms with Gasteiger partial charge in [0.15, 0.2) is 0 Å². The molecule has 1 aromatic heterocycles. The lowest BCUT2D eigenvalue weighted by molar-refractivity contribution is 0.495. The molecule has 0 fully saturated rings. The second-order valence-electron chi connectivity index (χ2n) is 4.43. The van der Waals surface area contributed by atoms with Gasteiger partial charge in [-0.1, -0.05) is 12.1 Å². The maximum atomic E-state index is 12.9. The highest BCUT2D eigenvalue weighted by Gasteiger charge is 2.11. The van der Waals surface area contributed by atoms with Gasteiger partial charge in [0.1, 0.15) is 5.82 Å². The fraction of sp³-hybridized carbons (Fsp3) is 0.357. The third-order valence-electron chi connectivity index (χ3n) is 2.90. The van der Waals surface area contributed by atoms with Crippen LogP contribution in [0, 0.1) is 11.7 Å². The van der Waals surface area contributed by atoms with E-state index in [1.165, 1.54) is 22.6 Å². The summed E-state index contributed by atoms with van der Waals surface area (Å²) in [4.78, 5) is 5.41. The third-order valence-corrected chi connectivity index (χ3v) is 3.71. The molecule has 0 aliphatic carbocycles. The summed E-state index contributed by atoms with van der Waals surface area (Å²) >= 11 is 1.69. The molecule has 2 rings (SSSR count). The molecule has 18 heavy (non-hydrogen) atoms. The van der Waals surface area contributed by atoms with Crippen LogP contribution in [0.4, 0.5) is 4.39 Å². The number of hydrogen-bond donors (Lipinski definition) is 1. The molecule has 0 aliphatic heterocycles. The van der Waals surface area contributed by atoms with Gasteiger partial charge < -0.3 is 5.32 Å². The standard InChI is InChI=1S/C14H17FN2S/c1-16-8-12(7-14-9-17-10-18-14)6-11-2-4-13(15)5-3-11/h2-5,9-10,12,16H,6-8H2,1H3. The van der Waals surface area contributed by atoms with E-state index in [1.54, 1.807) is 11.3 Å².